The molecule has 0 saturated carbocycles. The third-order valence-corrected chi connectivity index (χ3v) is 4.58. The number of anilines is 3. The summed E-state index contributed by atoms with van der Waals surface area (Å²) in [5, 5.41) is 2.98. The van der Waals surface area contributed by atoms with Crippen LogP contribution in [0.15, 0.2) is 31.0 Å². The third-order valence-electron chi connectivity index (χ3n) is 4.58. The summed E-state index contributed by atoms with van der Waals surface area (Å²) in [5.74, 6) is 1.16. The maximum Gasteiger partial charge on any atom is 0.412 e. The van der Waals surface area contributed by atoms with Crippen LogP contribution in [0, 0.1) is 13.8 Å². The average molecular weight is 405 g/mol. The Balaban J connectivity index is 1.58. The van der Waals surface area contributed by atoms with Crippen molar-refractivity contribution in [3.8, 4) is 11.6 Å². The zero-order valence-electron chi connectivity index (χ0n) is 15.9. The van der Waals surface area contributed by atoms with Crippen LogP contribution in [0.4, 0.5) is 30.6 Å². The molecule has 0 aliphatic carbocycles. The van der Waals surface area contributed by atoms with Gasteiger partial charge in [0.2, 0.25) is 5.95 Å². The lowest BCUT2D eigenvalue weighted by molar-refractivity contribution is -0.155. The molecule has 152 valence electrons. The number of aromatic nitrogens is 5. The van der Waals surface area contributed by atoms with Crippen LogP contribution in [0.1, 0.15) is 11.3 Å². The average Bonchev–Trinajstić information content (AvgIpc) is 3.07. The summed E-state index contributed by atoms with van der Waals surface area (Å²) in [6.45, 7) is 3.28. The summed E-state index contributed by atoms with van der Waals surface area (Å²) in [5.41, 5.74) is 2.36. The molecule has 1 N–H and O–H groups in total. The fourth-order valence-electron chi connectivity index (χ4n) is 3.09. The lowest BCUT2D eigenvalue weighted by Gasteiger charge is -2.35. The minimum Gasteiger partial charge on any atom is -0.486 e. The number of alkyl halides is 3. The monoisotopic (exact) mass is 405 g/mol. The van der Waals surface area contributed by atoms with Crippen molar-refractivity contribution >= 4 is 17.5 Å². The largest absolute Gasteiger partial charge is 0.486 e. The van der Waals surface area contributed by atoms with Crippen LogP contribution in [0.5, 0.6) is 5.75 Å². The number of hydrogen-bond acceptors (Lipinski definition) is 7. The molecule has 1 aliphatic heterocycles. The van der Waals surface area contributed by atoms with E-state index in [9.17, 15) is 13.2 Å². The Bertz CT molecular complexity index is 1050. The highest BCUT2D eigenvalue weighted by molar-refractivity contribution is 5.61. The van der Waals surface area contributed by atoms with Gasteiger partial charge in [0.1, 0.15) is 18.8 Å². The number of pyridine rings is 1. The standard InChI is InChI=1S/C18H18F3N7O/c1-10-4-12(5-22-15(10)28-7-11(2)24-9-28)25-17-23-6-13-16(26-17)27(3)14(8-29-13)18(19,20)21/h4-7,9,14H,8H2,1-3H3,(H,23,25,26). The van der Waals surface area contributed by atoms with Gasteiger partial charge in [-0.1, -0.05) is 0 Å². The number of likely N-dealkylation sites (N-methyl/N-ethyl adjacent to an activating group) is 1. The van der Waals surface area contributed by atoms with Gasteiger partial charge in [-0.3, -0.25) is 4.57 Å². The molecular weight excluding hydrogens is 387 g/mol. The number of halogens is 3. The minimum atomic E-state index is -4.42. The molecule has 4 rings (SSSR count). The topological polar surface area (TPSA) is 81.0 Å². The molecule has 0 fully saturated rings. The lowest BCUT2D eigenvalue weighted by Crippen LogP contribution is -2.50. The summed E-state index contributed by atoms with van der Waals surface area (Å²) in [6.07, 6.45) is 2.07. The fourth-order valence-corrected chi connectivity index (χ4v) is 3.09. The minimum absolute atomic E-state index is 0.0752. The maximum absolute atomic E-state index is 13.2. The molecule has 0 spiro atoms. The van der Waals surface area contributed by atoms with E-state index in [-0.39, 0.29) is 17.5 Å². The van der Waals surface area contributed by atoms with E-state index in [1.165, 1.54) is 13.2 Å². The molecule has 1 atom stereocenters. The number of imidazole rings is 1. The predicted molar refractivity (Wildman–Crippen MR) is 99.9 cm³/mol. The number of nitrogens with zero attached hydrogens (tertiary/aromatic N) is 6. The van der Waals surface area contributed by atoms with Gasteiger partial charge in [0.15, 0.2) is 17.6 Å². The smallest absolute Gasteiger partial charge is 0.412 e. The van der Waals surface area contributed by atoms with Crippen molar-refractivity contribution in [3.05, 3.63) is 42.2 Å². The van der Waals surface area contributed by atoms with Crippen molar-refractivity contribution in [1.82, 2.24) is 24.5 Å². The van der Waals surface area contributed by atoms with Gasteiger partial charge in [0.05, 0.1) is 23.8 Å². The second-order valence-electron chi connectivity index (χ2n) is 6.77. The van der Waals surface area contributed by atoms with E-state index in [1.54, 1.807) is 12.5 Å². The van der Waals surface area contributed by atoms with Crippen LogP contribution in [0.3, 0.4) is 0 Å². The van der Waals surface area contributed by atoms with Gasteiger partial charge in [-0.05, 0) is 25.5 Å². The molecule has 0 radical (unpaired) electrons. The molecule has 4 heterocycles. The summed E-state index contributed by atoms with van der Waals surface area (Å²) in [6, 6.07) is 0.0822. The third kappa shape index (κ3) is 3.67. The van der Waals surface area contributed by atoms with E-state index < -0.39 is 18.8 Å². The van der Waals surface area contributed by atoms with Gasteiger partial charge < -0.3 is 15.0 Å². The van der Waals surface area contributed by atoms with Crippen LogP contribution in [0.2, 0.25) is 0 Å². The van der Waals surface area contributed by atoms with E-state index >= 15 is 0 Å². The number of ether oxygens (including phenoxy) is 1. The lowest BCUT2D eigenvalue weighted by atomic mass is 10.2. The van der Waals surface area contributed by atoms with Gasteiger partial charge in [-0.15, -0.1) is 0 Å². The van der Waals surface area contributed by atoms with E-state index in [0.29, 0.717) is 5.69 Å². The van der Waals surface area contributed by atoms with Crippen LogP contribution >= 0.6 is 0 Å². The first-order valence-electron chi connectivity index (χ1n) is 8.76. The Morgan fingerprint density at radius 2 is 1.93 bits per heavy atom. The fraction of sp³-hybridized carbons (Fsp3) is 0.333. The zero-order valence-corrected chi connectivity index (χ0v) is 15.9. The number of rotatable bonds is 3. The molecule has 0 amide bonds. The highest BCUT2D eigenvalue weighted by Gasteiger charge is 2.46. The van der Waals surface area contributed by atoms with E-state index in [4.69, 9.17) is 4.74 Å². The number of fused-ring (bicyclic) bond motifs is 1. The van der Waals surface area contributed by atoms with Crippen molar-refractivity contribution in [2.24, 2.45) is 0 Å². The molecule has 0 aromatic carbocycles. The van der Waals surface area contributed by atoms with Gasteiger partial charge in [-0.25, -0.2) is 15.0 Å². The highest BCUT2D eigenvalue weighted by Crippen LogP contribution is 2.36. The first-order chi connectivity index (χ1) is 13.7. The highest BCUT2D eigenvalue weighted by atomic mass is 19.4. The SMILES string of the molecule is Cc1cn(-c2ncc(Nc3ncc4c(n3)N(C)C(C(F)(F)F)CO4)cc2C)cn1. The second kappa shape index (κ2) is 6.90. The Morgan fingerprint density at radius 1 is 1.14 bits per heavy atom. The second-order valence-corrected chi connectivity index (χ2v) is 6.77. The Labute approximate surface area is 164 Å². The molecule has 0 saturated heterocycles. The first-order valence-corrected chi connectivity index (χ1v) is 8.76. The van der Waals surface area contributed by atoms with Crippen molar-refractivity contribution in [2.75, 3.05) is 23.9 Å². The molecule has 29 heavy (non-hydrogen) atoms. The molecule has 1 unspecified atom stereocenters. The molecule has 3 aromatic heterocycles. The Hall–Kier alpha value is -3.37. The number of hydrogen-bond donors (Lipinski definition) is 1. The summed E-state index contributed by atoms with van der Waals surface area (Å²) >= 11 is 0. The zero-order chi connectivity index (χ0) is 20.8. The quantitative estimate of drug-likeness (QED) is 0.717. The molecule has 3 aromatic rings. The molecule has 8 nitrogen and oxygen atoms in total. The van der Waals surface area contributed by atoms with Gasteiger partial charge >= 0.3 is 6.18 Å². The summed E-state index contributed by atoms with van der Waals surface area (Å²) < 4.78 is 46.5. The molecule has 0 bridgehead atoms. The van der Waals surface area contributed by atoms with Crippen molar-refractivity contribution in [2.45, 2.75) is 26.1 Å². The van der Waals surface area contributed by atoms with E-state index in [2.05, 4.69) is 25.3 Å². The maximum atomic E-state index is 13.2. The van der Waals surface area contributed by atoms with Gasteiger partial charge in [0, 0.05) is 13.2 Å². The summed E-state index contributed by atoms with van der Waals surface area (Å²) in [7, 11) is 1.34. The van der Waals surface area contributed by atoms with E-state index in [1.807, 2.05) is 30.7 Å². The first kappa shape index (κ1) is 19.0. The molecule has 1 aliphatic rings. The van der Waals surface area contributed by atoms with Crippen molar-refractivity contribution in [3.63, 3.8) is 0 Å². The predicted octanol–water partition coefficient (Wildman–Crippen LogP) is 3.18. The molecule has 11 heteroatoms. The van der Waals surface area contributed by atoms with Gasteiger partial charge in [0.25, 0.3) is 0 Å². The molecular formula is C18H18F3N7O. The Morgan fingerprint density at radius 3 is 2.59 bits per heavy atom. The number of aryl methyl sites for hydroxylation is 2. The van der Waals surface area contributed by atoms with Gasteiger partial charge in [-0.2, -0.15) is 18.2 Å². The van der Waals surface area contributed by atoms with Crippen LogP contribution < -0.4 is 15.0 Å². The normalized spacial score (nSPS) is 16.3. The van der Waals surface area contributed by atoms with Crippen LogP contribution in [-0.2, 0) is 0 Å². The van der Waals surface area contributed by atoms with Crippen molar-refractivity contribution < 1.29 is 17.9 Å². The van der Waals surface area contributed by atoms with Crippen LogP contribution in [0.25, 0.3) is 5.82 Å². The Kier molecular flexibility index (Phi) is 4.52. The van der Waals surface area contributed by atoms with E-state index in [0.717, 1.165) is 22.0 Å². The van der Waals surface area contributed by atoms with Crippen LogP contribution in [-0.4, -0.2) is 50.4 Å². The van der Waals surface area contributed by atoms with Crippen molar-refractivity contribution in [1.29, 1.82) is 0 Å². The summed E-state index contributed by atoms with van der Waals surface area (Å²) in [4.78, 5) is 18.0. The number of nitrogens with one attached hydrogen (secondary N) is 1.